The van der Waals surface area contributed by atoms with E-state index in [0.29, 0.717) is 0 Å². The van der Waals surface area contributed by atoms with Crippen LogP contribution in [0, 0.1) is 23.2 Å². The molecule has 0 aliphatic heterocycles. The molecule has 1 fully saturated rings. The zero-order valence-electron chi connectivity index (χ0n) is 8.05. The van der Waals surface area contributed by atoms with Crippen LogP contribution in [0.3, 0.4) is 0 Å². The van der Waals surface area contributed by atoms with Gasteiger partial charge in [0.25, 0.3) is 0 Å². The van der Waals surface area contributed by atoms with E-state index >= 15 is 0 Å². The summed E-state index contributed by atoms with van der Waals surface area (Å²) in [6.07, 6.45) is 4.26. The summed E-state index contributed by atoms with van der Waals surface area (Å²) in [4.78, 5) is 11.4. The molecule has 0 unspecified atom stereocenters. The first-order valence-corrected chi connectivity index (χ1v) is 4.88. The molecular weight excluding hydrogens is 164 g/mol. The van der Waals surface area contributed by atoms with E-state index in [1.165, 1.54) is 0 Å². The van der Waals surface area contributed by atoms with Crippen molar-refractivity contribution in [3.63, 3.8) is 0 Å². The van der Waals surface area contributed by atoms with Crippen LogP contribution in [0.4, 0.5) is 0 Å². The average molecular weight is 180 g/mol. The number of rotatable bonds is 2. The lowest BCUT2D eigenvalue weighted by molar-refractivity contribution is -0.125. The van der Waals surface area contributed by atoms with Gasteiger partial charge in [0, 0.05) is 5.92 Å². The molecule has 3 nitrogen and oxygen atoms in total. The molecule has 72 valence electrons. The number of hydrogen-bond acceptors (Lipinski definition) is 2. The molecule has 0 spiro atoms. The van der Waals surface area contributed by atoms with E-state index in [2.05, 4.69) is 12.2 Å². The SMILES string of the molecule is CC1CCC(C(=O)NCC#N)CC1. The Hall–Kier alpha value is -1.04. The van der Waals surface area contributed by atoms with Crippen LogP contribution < -0.4 is 5.32 Å². The molecule has 0 heterocycles. The van der Waals surface area contributed by atoms with Gasteiger partial charge in [0.15, 0.2) is 0 Å². The molecular formula is C10H16N2O. The number of amides is 1. The Morgan fingerprint density at radius 1 is 1.46 bits per heavy atom. The lowest BCUT2D eigenvalue weighted by Crippen LogP contribution is -2.33. The molecule has 0 aromatic heterocycles. The van der Waals surface area contributed by atoms with Gasteiger partial charge in [-0.05, 0) is 31.6 Å². The van der Waals surface area contributed by atoms with Gasteiger partial charge in [0.1, 0.15) is 6.54 Å². The number of nitrogens with zero attached hydrogens (tertiary/aromatic N) is 1. The van der Waals surface area contributed by atoms with Crippen molar-refractivity contribution in [2.45, 2.75) is 32.6 Å². The van der Waals surface area contributed by atoms with Gasteiger partial charge < -0.3 is 5.32 Å². The van der Waals surface area contributed by atoms with Crippen molar-refractivity contribution in [2.24, 2.45) is 11.8 Å². The Balaban J connectivity index is 2.28. The molecule has 0 aromatic rings. The van der Waals surface area contributed by atoms with Crippen molar-refractivity contribution >= 4 is 5.91 Å². The molecule has 1 N–H and O–H groups in total. The van der Waals surface area contributed by atoms with E-state index < -0.39 is 0 Å². The van der Waals surface area contributed by atoms with Crippen molar-refractivity contribution in [3.05, 3.63) is 0 Å². The highest BCUT2D eigenvalue weighted by atomic mass is 16.1. The summed E-state index contributed by atoms with van der Waals surface area (Å²) in [5, 5.41) is 10.9. The zero-order chi connectivity index (χ0) is 9.68. The first kappa shape index (κ1) is 10.0. The van der Waals surface area contributed by atoms with Crippen LogP contribution in [0.5, 0.6) is 0 Å². The molecule has 1 aliphatic carbocycles. The number of nitriles is 1. The molecule has 1 amide bonds. The maximum atomic E-state index is 11.4. The number of hydrogen-bond donors (Lipinski definition) is 1. The summed E-state index contributed by atoms with van der Waals surface area (Å²) in [5.41, 5.74) is 0. The van der Waals surface area contributed by atoms with Gasteiger partial charge in [-0.1, -0.05) is 6.92 Å². The Morgan fingerprint density at radius 3 is 2.62 bits per heavy atom. The molecule has 0 atom stereocenters. The highest BCUT2D eigenvalue weighted by molar-refractivity contribution is 5.78. The Kier molecular flexibility index (Phi) is 3.75. The minimum atomic E-state index is 0.0634. The smallest absolute Gasteiger partial charge is 0.223 e. The fraction of sp³-hybridized carbons (Fsp3) is 0.800. The van der Waals surface area contributed by atoms with Crippen molar-refractivity contribution in [3.8, 4) is 6.07 Å². The van der Waals surface area contributed by atoms with Crippen molar-refractivity contribution < 1.29 is 4.79 Å². The second kappa shape index (κ2) is 4.86. The van der Waals surface area contributed by atoms with Gasteiger partial charge in [-0.3, -0.25) is 4.79 Å². The largest absolute Gasteiger partial charge is 0.343 e. The van der Waals surface area contributed by atoms with Crippen LogP contribution >= 0.6 is 0 Å². The van der Waals surface area contributed by atoms with E-state index in [9.17, 15) is 4.79 Å². The van der Waals surface area contributed by atoms with Crippen molar-refractivity contribution in [1.82, 2.24) is 5.32 Å². The van der Waals surface area contributed by atoms with Gasteiger partial charge in [0.05, 0.1) is 6.07 Å². The molecule has 0 aromatic carbocycles. The van der Waals surface area contributed by atoms with Crippen LogP contribution in [0.15, 0.2) is 0 Å². The Morgan fingerprint density at radius 2 is 2.08 bits per heavy atom. The average Bonchev–Trinajstić information content (AvgIpc) is 2.15. The lowest BCUT2D eigenvalue weighted by Gasteiger charge is -2.24. The maximum Gasteiger partial charge on any atom is 0.223 e. The quantitative estimate of drug-likeness (QED) is 0.654. The van der Waals surface area contributed by atoms with E-state index in [4.69, 9.17) is 5.26 Å². The van der Waals surface area contributed by atoms with Crippen molar-refractivity contribution in [2.75, 3.05) is 6.54 Å². The molecule has 13 heavy (non-hydrogen) atoms. The summed E-state index contributed by atoms with van der Waals surface area (Å²) in [6, 6.07) is 1.91. The van der Waals surface area contributed by atoms with Gasteiger partial charge >= 0.3 is 0 Å². The second-order valence-electron chi connectivity index (χ2n) is 3.83. The van der Waals surface area contributed by atoms with E-state index in [1.54, 1.807) is 0 Å². The summed E-state index contributed by atoms with van der Waals surface area (Å²) < 4.78 is 0. The minimum Gasteiger partial charge on any atom is -0.343 e. The predicted molar refractivity (Wildman–Crippen MR) is 49.7 cm³/mol. The fourth-order valence-corrected chi connectivity index (χ4v) is 1.79. The molecule has 0 saturated heterocycles. The molecule has 1 aliphatic rings. The van der Waals surface area contributed by atoms with Crippen LogP contribution in [0.25, 0.3) is 0 Å². The zero-order valence-corrected chi connectivity index (χ0v) is 8.05. The van der Waals surface area contributed by atoms with Gasteiger partial charge in [-0.25, -0.2) is 0 Å². The highest BCUT2D eigenvalue weighted by Crippen LogP contribution is 2.28. The second-order valence-corrected chi connectivity index (χ2v) is 3.83. The molecule has 3 heteroatoms. The topological polar surface area (TPSA) is 52.9 Å². The van der Waals surface area contributed by atoms with Crippen LogP contribution in [0.1, 0.15) is 32.6 Å². The van der Waals surface area contributed by atoms with Crippen LogP contribution in [-0.2, 0) is 4.79 Å². The molecule has 1 saturated carbocycles. The van der Waals surface area contributed by atoms with Crippen LogP contribution in [0.2, 0.25) is 0 Å². The summed E-state index contributed by atoms with van der Waals surface area (Å²) in [5.74, 6) is 0.984. The normalized spacial score (nSPS) is 27.7. The molecule has 0 radical (unpaired) electrons. The third-order valence-corrected chi connectivity index (χ3v) is 2.73. The third kappa shape index (κ3) is 3.06. The predicted octanol–water partition coefficient (Wildman–Crippen LogP) is 1.45. The van der Waals surface area contributed by atoms with E-state index in [-0.39, 0.29) is 18.4 Å². The van der Waals surface area contributed by atoms with Gasteiger partial charge in [0.2, 0.25) is 5.91 Å². The standard InChI is InChI=1S/C10H16N2O/c1-8-2-4-9(5-3-8)10(13)12-7-6-11/h8-9H,2-5,7H2,1H3,(H,12,13). The minimum absolute atomic E-state index is 0.0634. The number of carbonyl (C=O) groups is 1. The molecule has 0 bridgehead atoms. The number of nitrogens with one attached hydrogen (secondary N) is 1. The van der Waals surface area contributed by atoms with E-state index in [1.807, 2.05) is 6.07 Å². The Bertz CT molecular complexity index is 211. The van der Waals surface area contributed by atoms with E-state index in [0.717, 1.165) is 31.6 Å². The first-order chi connectivity index (χ1) is 6.24. The number of carbonyl (C=O) groups excluding carboxylic acids is 1. The lowest BCUT2D eigenvalue weighted by atomic mass is 9.82. The van der Waals surface area contributed by atoms with Crippen molar-refractivity contribution in [1.29, 1.82) is 5.26 Å². The Labute approximate surface area is 79.1 Å². The maximum absolute atomic E-state index is 11.4. The highest BCUT2D eigenvalue weighted by Gasteiger charge is 2.23. The summed E-state index contributed by atoms with van der Waals surface area (Å²) >= 11 is 0. The third-order valence-electron chi connectivity index (χ3n) is 2.73. The fourth-order valence-electron chi connectivity index (χ4n) is 1.79. The monoisotopic (exact) mass is 180 g/mol. The van der Waals surface area contributed by atoms with Gasteiger partial charge in [-0.15, -0.1) is 0 Å². The summed E-state index contributed by atoms with van der Waals surface area (Å²) in [6.45, 7) is 2.37. The van der Waals surface area contributed by atoms with Crippen LogP contribution in [-0.4, -0.2) is 12.5 Å². The first-order valence-electron chi connectivity index (χ1n) is 4.88. The summed E-state index contributed by atoms with van der Waals surface area (Å²) in [7, 11) is 0. The molecule has 1 rings (SSSR count). The van der Waals surface area contributed by atoms with Gasteiger partial charge in [-0.2, -0.15) is 5.26 Å².